The number of benzene rings is 1. The van der Waals surface area contributed by atoms with Crippen molar-refractivity contribution in [1.29, 1.82) is 0 Å². The molecule has 0 saturated heterocycles. The van der Waals surface area contributed by atoms with Gasteiger partial charge in [-0.05, 0) is 24.5 Å². The van der Waals surface area contributed by atoms with Gasteiger partial charge in [0.15, 0.2) is 0 Å². The van der Waals surface area contributed by atoms with E-state index in [9.17, 15) is 0 Å². The monoisotopic (exact) mass is 231 g/mol. The van der Waals surface area contributed by atoms with Gasteiger partial charge in [-0.2, -0.15) is 0 Å². The molecule has 1 aromatic heterocycles. The quantitative estimate of drug-likeness (QED) is 0.865. The second kappa shape index (κ2) is 4.92. The van der Waals surface area contributed by atoms with Crippen LogP contribution in [0.5, 0.6) is 0 Å². The van der Waals surface area contributed by atoms with Gasteiger partial charge in [0.05, 0.1) is 6.54 Å². The Morgan fingerprint density at radius 1 is 1.29 bits per heavy atom. The van der Waals surface area contributed by atoms with Gasteiger partial charge < -0.3 is 9.73 Å². The van der Waals surface area contributed by atoms with E-state index in [4.69, 9.17) is 4.42 Å². The Hall–Kier alpha value is -1.28. The molecule has 0 saturated carbocycles. The van der Waals surface area contributed by atoms with E-state index in [1.807, 2.05) is 0 Å². The van der Waals surface area contributed by atoms with Crippen LogP contribution in [0.3, 0.4) is 0 Å². The number of furan rings is 1. The van der Waals surface area contributed by atoms with Crippen LogP contribution in [0.25, 0.3) is 11.0 Å². The molecule has 0 bridgehead atoms. The first-order chi connectivity index (χ1) is 8.13. The summed E-state index contributed by atoms with van der Waals surface area (Å²) in [6.45, 7) is 9.41. The molecule has 0 radical (unpaired) electrons. The lowest BCUT2D eigenvalue weighted by molar-refractivity contribution is 0.484. The van der Waals surface area contributed by atoms with Crippen LogP contribution in [0.2, 0.25) is 0 Å². The van der Waals surface area contributed by atoms with Crippen LogP contribution in [-0.4, -0.2) is 6.04 Å². The normalized spacial score (nSPS) is 11.6. The fourth-order valence-corrected chi connectivity index (χ4v) is 2.09. The molecule has 0 aliphatic rings. The van der Waals surface area contributed by atoms with Crippen molar-refractivity contribution in [3.8, 4) is 0 Å². The Bertz CT molecular complexity index is 511. The predicted molar refractivity (Wildman–Crippen MR) is 72.3 cm³/mol. The largest absolute Gasteiger partial charge is 0.459 e. The molecule has 0 aliphatic heterocycles. The molecule has 0 amide bonds. The van der Waals surface area contributed by atoms with E-state index in [1.54, 1.807) is 0 Å². The van der Waals surface area contributed by atoms with Crippen LogP contribution in [-0.2, 0) is 13.0 Å². The minimum absolute atomic E-state index is 0.480. The lowest BCUT2D eigenvalue weighted by Gasteiger charge is -2.05. The fourth-order valence-electron chi connectivity index (χ4n) is 2.09. The minimum Gasteiger partial charge on any atom is -0.459 e. The van der Waals surface area contributed by atoms with Crippen LogP contribution < -0.4 is 5.32 Å². The number of aryl methyl sites for hydroxylation is 2. The molecule has 2 nitrogen and oxygen atoms in total. The number of rotatable bonds is 4. The number of fused-ring (bicyclic) bond motifs is 1. The van der Waals surface area contributed by atoms with Crippen molar-refractivity contribution >= 4 is 11.0 Å². The van der Waals surface area contributed by atoms with E-state index >= 15 is 0 Å². The summed E-state index contributed by atoms with van der Waals surface area (Å²) in [5.41, 5.74) is 3.62. The van der Waals surface area contributed by atoms with E-state index in [-0.39, 0.29) is 0 Å². The Morgan fingerprint density at radius 3 is 2.71 bits per heavy atom. The highest BCUT2D eigenvalue weighted by Gasteiger charge is 2.12. The summed E-state index contributed by atoms with van der Waals surface area (Å²) < 4.78 is 6.01. The van der Waals surface area contributed by atoms with Crippen LogP contribution in [0, 0.1) is 6.92 Å². The molecular weight excluding hydrogens is 210 g/mol. The van der Waals surface area contributed by atoms with Gasteiger partial charge in [-0.15, -0.1) is 0 Å². The summed E-state index contributed by atoms with van der Waals surface area (Å²) in [6.07, 6.45) is 1.02. The van der Waals surface area contributed by atoms with Crippen LogP contribution >= 0.6 is 0 Å². The molecule has 0 fully saturated rings. The smallest absolute Gasteiger partial charge is 0.137 e. The molecule has 0 unspecified atom stereocenters. The number of para-hydroxylation sites is 1. The number of nitrogens with one attached hydrogen (secondary N) is 1. The zero-order valence-electron chi connectivity index (χ0n) is 11.1. The summed E-state index contributed by atoms with van der Waals surface area (Å²) in [5.74, 6) is 1.06. The van der Waals surface area contributed by atoms with Gasteiger partial charge >= 0.3 is 0 Å². The molecule has 0 aliphatic carbocycles. The topological polar surface area (TPSA) is 25.2 Å². The van der Waals surface area contributed by atoms with E-state index in [1.165, 1.54) is 16.5 Å². The van der Waals surface area contributed by atoms with E-state index < -0.39 is 0 Å². The third kappa shape index (κ3) is 2.37. The Kier molecular flexibility index (Phi) is 3.53. The second-order valence-corrected chi connectivity index (χ2v) is 4.83. The molecule has 0 spiro atoms. The molecular formula is C15H21NO. The van der Waals surface area contributed by atoms with Gasteiger partial charge in [-0.25, -0.2) is 0 Å². The van der Waals surface area contributed by atoms with Crippen molar-refractivity contribution in [3.63, 3.8) is 0 Å². The average Bonchev–Trinajstić information content (AvgIpc) is 2.64. The third-order valence-electron chi connectivity index (χ3n) is 3.20. The minimum atomic E-state index is 0.480. The molecule has 0 atom stereocenters. The SMILES string of the molecule is CCc1cccc2c(C)c(CNC(C)C)oc12. The van der Waals surface area contributed by atoms with Gasteiger partial charge in [-0.3, -0.25) is 0 Å². The zero-order valence-corrected chi connectivity index (χ0v) is 11.1. The van der Waals surface area contributed by atoms with Crippen molar-refractivity contribution in [3.05, 3.63) is 35.1 Å². The van der Waals surface area contributed by atoms with Gasteiger partial charge in [0.25, 0.3) is 0 Å². The van der Waals surface area contributed by atoms with Gasteiger partial charge in [0, 0.05) is 11.4 Å². The molecule has 1 N–H and O–H groups in total. The second-order valence-electron chi connectivity index (χ2n) is 4.83. The first-order valence-corrected chi connectivity index (χ1v) is 6.36. The van der Waals surface area contributed by atoms with Crippen LogP contribution in [0.1, 0.15) is 37.7 Å². The predicted octanol–water partition coefficient (Wildman–Crippen LogP) is 3.80. The molecule has 2 rings (SSSR count). The lowest BCUT2D eigenvalue weighted by atomic mass is 10.1. The van der Waals surface area contributed by atoms with Crippen LogP contribution in [0.15, 0.2) is 22.6 Å². The summed E-state index contributed by atoms with van der Waals surface area (Å²) in [6, 6.07) is 6.88. The van der Waals surface area contributed by atoms with Crippen molar-refractivity contribution in [2.75, 3.05) is 0 Å². The number of hydrogen-bond donors (Lipinski definition) is 1. The van der Waals surface area contributed by atoms with E-state index in [0.29, 0.717) is 6.04 Å². The molecule has 1 aromatic carbocycles. The van der Waals surface area contributed by atoms with Gasteiger partial charge in [0.1, 0.15) is 11.3 Å². The maximum atomic E-state index is 6.01. The Morgan fingerprint density at radius 2 is 2.06 bits per heavy atom. The van der Waals surface area contributed by atoms with Gasteiger partial charge in [0.2, 0.25) is 0 Å². The highest BCUT2D eigenvalue weighted by atomic mass is 16.3. The van der Waals surface area contributed by atoms with E-state index in [2.05, 4.69) is 51.2 Å². The summed E-state index contributed by atoms with van der Waals surface area (Å²) in [4.78, 5) is 0. The highest BCUT2D eigenvalue weighted by Crippen LogP contribution is 2.28. The highest BCUT2D eigenvalue weighted by molar-refractivity contribution is 5.84. The number of hydrogen-bond acceptors (Lipinski definition) is 2. The lowest BCUT2D eigenvalue weighted by Crippen LogP contribution is -2.21. The molecule has 92 valence electrons. The first kappa shape index (κ1) is 12.2. The summed E-state index contributed by atoms with van der Waals surface area (Å²) in [5, 5.41) is 4.66. The summed E-state index contributed by atoms with van der Waals surface area (Å²) in [7, 11) is 0. The fraction of sp³-hybridized carbons (Fsp3) is 0.467. The summed E-state index contributed by atoms with van der Waals surface area (Å²) >= 11 is 0. The molecule has 17 heavy (non-hydrogen) atoms. The van der Waals surface area contributed by atoms with Crippen molar-refractivity contribution in [2.24, 2.45) is 0 Å². The Balaban J connectivity index is 2.41. The first-order valence-electron chi connectivity index (χ1n) is 6.36. The zero-order chi connectivity index (χ0) is 12.4. The van der Waals surface area contributed by atoms with E-state index in [0.717, 1.165) is 24.3 Å². The Labute approximate surface area is 103 Å². The van der Waals surface area contributed by atoms with Crippen molar-refractivity contribution in [2.45, 2.75) is 46.7 Å². The van der Waals surface area contributed by atoms with Crippen molar-refractivity contribution in [1.82, 2.24) is 5.32 Å². The van der Waals surface area contributed by atoms with Crippen molar-refractivity contribution < 1.29 is 4.42 Å². The standard InChI is InChI=1S/C15H21NO/c1-5-12-7-6-8-13-11(4)14(17-15(12)13)9-16-10(2)3/h6-8,10,16H,5,9H2,1-4H3. The third-order valence-corrected chi connectivity index (χ3v) is 3.20. The maximum Gasteiger partial charge on any atom is 0.137 e. The van der Waals surface area contributed by atoms with Crippen LogP contribution in [0.4, 0.5) is 0 Å². The maximum absolute atomic E-state index is 6.01. The average molecular weight is 231 g/mol. The van der Waals surface area contributed by atoms with Gasteiger partial charge in [-0.1, -0.05) is 39.0 Å². The molecule has 2 heteroatoms. The molecule has 1 heterocycles. The molecule has 2 aromatic rings.